The molecule has 0 radical (unpaired) electrons. The lowest BCUT2D eigenvalue weighted by atomic mass is 10.1. The first-order valence-corrected chi connectivity index (χ1v) is 9.72. The predicted molar refractivity (Wildman–Crippen MR) is 111 cm³/mol. The van der Waals surface area contributed by atoms with E-state index in [9.17, 15) is 4.79 Å². The van der Waals surface area contributed by atoms with Crippen molar-refractivity contribution < 1.29 is 9.53 Å². The molecule has 0 aliphatic heterocycles. The first-order valence-electron chi connectivity index (χ1n) is 8.11. The van der Waals surface area contributed by atoms with Gasteiger partial charge in [0.25, 0.3) is 5.91 Å². The summed E-state index contributed by atoms with van der Waals surface area (Å²) < 4.78 is 5.90. The third kappa shape index (κ3) is 3.70. The fraction of sp³-hybridized carbons (Fsp3) is 0.0500. The monoisotopic (exact) mass is 439 g/mol. The second kappa shape index (κ2) is 7.46. The van der Waals surface area contributed by atoms with E-state index < -0.39 is 0 Å². The molecule has 27 heavy (non-hydrogen) atoms. The van der Waals surface area contributed by atoms with Crippen molar-refractivity contribution in [3.05, 3.63) is 70.8 Å². The van der Waals surface area contributed by atoms with Crippen LogP contribution in [0.25, 0.3) is 20.9 Å². The number of ether oxygens (including phenoxy) is 1. The minimum absolute atomic E-state index is 0.210. The van der Waals surface area contributed by atoms with Gasteiger partial charge in [0.15, 0.2) is 0 Å². The Morgan fingerprint density at radius 1 is 1.15 bits per heavy atom. The Morgan fingerprint density at radius 2 is 1.96 bits per heavy atom. The second-order valence-electron chi connectivity index (χ2n) is 5.72. The number of nitrogens with zero attached hydrogens (tertiary/aromatic N) is 2. The van der Waals surface area contributed by atoms with Gasteiger partial charge in [0.1, 0.15) is 21.1 Å². The van der Waals surface area contributed by atoms with Gasteiger partial charge in [-0.15, -0.1) is 0 Å². The van der Waals surface area contributed by atoms with E-state index in [4.69, 9.17) is 4.74 Å². The molecule has 2 aromatic heterocycles. The highest BCUT2D eigenvalue weighted by molar-refractivity contribution is 9.10. The quantitative estimate of drug-likeness (QED) is 0.463. The average molecular weight is 440 g/mol. The summed E-state index contributed by atoms with van der Waals surface area (Å²) in [5.41, 5.74) is 3.09. The molecule has 134 valence electrons. The number of hydrogen-bond acceptors (Lipinski definition) is 5. The first kappa shape index (κ1) is 17.6. The number of pyridine rings is 1. The summed E-state index contributed by atoms with van der Waals surface area (Å²) >= 11 is 4.95. The summed E-state index contributed by atoms with van der Waals surface area (Å²) in [6, 6.07) is 16.7. The molecule has 4 rings (SSSR count). The molecule has 0 bridgehead atoms. The summed E-state index contributed by atoms with van der Waals surface area (Å²) in [5.74, 6) is 0.417. The van der Waals surface area contributed by atoms with E-state index in [1.54, 1.807) is 42.8 Å². The molecular formula is C20H14BrN3O2S. The molecule has 0 spiro atoms. The Morgan fingerprint density at radius 3 is 2.70 bits per heavy atom. The molecule has 7 heteroatoms. The standard InChI is InChI=1S/C20H14BrN3O2S/c1-26-14-8-9-16(21)15(11-14)18(25)23-13-6-4-12(5-7-13)19-24-17-3-2-10-22-20(17)27-19/h2-11H,1H3,(H,23,25). The molecule has 2 aromatic carbocycles. The number of fused-ring (bicyclic) bond motifs is 1. The second-order valence-corrected chi connectivity index (χ2v) is 7.56. The molecule has 0 saturated heterocycles. The van der Waals surface area contributed by atoms with Crippen molar-refractivity contribution in [2.24, 2.45) is 0 Å². The molecule has 0 aliphatic carbocycles. The highest BCUT2D eigenvalue weighted by atomic mass is 79.9. The van der Waals surface area contributed by atoms with Gasteiger partial charge in [0.2, 0.25) is 0 Å². The number of amides is 1. The lowest BCUT2D eigenvalue weighted by Gasteiger charge is -2.09. The van der Waals surface area contributed by atoms with Crippen LogP contribution in [0.4, 0.5) is 5.69 Å². The number of rotatable bonds is 4. The summed E-state index contributed by atoms with van der Waals surface area (Å²) in [6.07, 6.45) is 1.76. The smallest absolute Gasteiger partial charge is 0.256 e. The Kier molecular flexibility index (Phi) is 4.87. The van der Waals surface area contributed by atoms with E-state index in [2.05, 4.69) is 31.2 Å². The fourth-order valence-corrected chi connectivity index (χ4v) is 3.93. The average Bonchev–Trinajstić information content (AvgIpc) is 3.13. The summed E-state index contributed by atoms with van der Waals surface area (Å²) in [7, 11) is 1.57. The van der Waals surface area contributed by atoms with Crippen LogP contribution in [0.3, 0.4) is 0 Å². The van der Waals surface area contributed by atoms with Crippen LogP contribution in [0.5, 0.6) is 5.75 Å². The molecule has 0 atom stereocenters. The summed E-state index contributed by atoms with van der Waals surface area (Å²) in [5, 5.41) is 3.80. The van der Waals surface area contributed by atoms with Crippen LogP contribution in [0.1, 0.15) is 10.4 Å². The topological polar surface area (TPSA) is 64.1 Å². The molecular weight excluding hydrogens is 426 g/mol. The summed E-state index contributed by atoms with van der Waals surface area (Å²) in [4.78, 5) is 22.4. The highest BCUT2D eigenvalue weighted by Crippen LogP contribution is 2.30. The van der Waals surface area contributed by atoms with E-state index in [1.165, 1.54) is 0 Å². The highest BCUT2D eigenvalue weighted by Gasteiger charge is 2.12. The number of hydrogen-bond donors (Lipinski definition) is 1. The molecule has 0 unspecified atom stereocenters. The van der Waals surface area contributed by atoms with E-state index in [0.29, 0.717) is 21.5 Å². The molecule has 0 fully saturated rings. The number of methoxy groups -OCH3 is 1. The number of benzene rings is 2. The molecule has 0 saturated carbocycles. The Hall–Kier alpha value is -2.77. The van der Waals surface area contributed by atoms with Gasteiger partial charge in [-0.25, -0.2) is 9.97 Å². The molecule has 1 N–H and O–H groups in total. The molecule has 4 aromatic rings. The van der Waals surface area contributed by atoms with Crippen molar-refractivity contribution in [3.63, 3.8) is 0 Å². The molecule has 0 aliphatic rings. The van der Waals surface area contributed by atoms with Crippen LogP contribution in [-0.4, -0.2) is 23.0 Å². The Labute approximate surface area is 168 Å². The van der Waals surface area contributed by atoms with E-state index in [1.807, 2.05) is 36.4 Å². The number of nitrogens with one attached hydrogen (secondary N) is 1. The zero-order chi connectivity index (χ0) is 18.8. The maximum absolute atomic E-state index is 12.6. The number of halogens is 1. The van der Waals surface area contributed by atoms with Gasteiger partial charge in [0.05, 0.1) is 12.7 Å². The number of carbonyl (C=O) groups is 1. The van der Waals surface area contributed by atoms with E-state index >= 15 is 0 Å². The van der Waals surface area contributed by atoms with Crippen molar-refractivity contribution >= 4 is 49.2 Å². The van der Waals surface area contributed by atoms with E-state index in [-0.39, 0.29) is 5.91 Å². The van der Waals surface area contributed by atoms with Gasteiger partial charge in [-0.1, -0.05) is 11.3 Å². The molecule has 5 nitrogen and oxygen atoms in total. The first-order chi connectivity index (χ1) is 13.1. The third-order valence-electron chi connectivity index (χ3n) is 3.97. The molecule has 1 amide bonds. The van der Waals surface area contributed by atoms with Crippen LogP contribution in [0.15, 0.2) is 65.3 Å². The summed E-state index contributed by atoms with van der Waals surface area (Å²) in [6.45, 7) is 0. The maximum Gasteiger partial charge on any atom is 0.256 e. The Bertz CT molecular complexity index is 1090. The number of anilines is 1. The predicted octanol–water partition coefficient (Wildman–Crippen LogP) is 5.38. The number of carbonyl (C=O) groups excluding carboxylic acids is 1. The van der Waals surface area contributed by atoms with Gasteiger partial charge < -0.3 is 10.1 Å². The fourth-order valence-electron chi connectivity index (χ4n) is 2.59. The van der Waals surface area contributed by atoms with Crippen molar-refractivity contribution in [2.75, 3.05) is 12.4 Å². The van der Waals surface area contributed by atoms with Crippen LogP contribution in [0.2, 0.25) is 0 Å². The van der Waals surface area contributed by atoms with Crippen LogP contribution < -0.4 is 10.1 Å². The molecule has 2 heterocycles. The van der Waals surface area contributed by atoms with Crippen LogP contribution in [0, 0.1) is 0 Å². The van der Waals surface area contributed by atoms with Crippen LogP contribution in [-0.2, 0) is 0 Å². The van der Waals surface area contributed by atoms with Gasteiger partial charge >= 0.3 is 0 Å². The lowest BCUT2D eigenvalue weighted by molar-refractivity contribution is 0.102. The lowest BCUT2D eigenvalue weighted by Crippen LogP contribution is -2.12. The van der Waals surface area contributed by atoms with Gasteiger partial charge in [0, 0.05) is 21.9 Å². The maximum atomic E-state index is 12.6. The third-order valence-corrected chi connectivity index (χ3v) is 5.69. The number of aromatic nitrogens is 2. The largest absolute Gasteiger partial charge is 0.497 e. The van der Waals surface area contributed by atoms with Gasteiger partial charge in [-0.05, 0) is 70.5 Å². The zero-order valence-electron chi connectivity index (χ0n) is 14.3. The Balaban J connectivity index is 1.55. The van der Waals surface area contributed by atoms with Gasteiger partial charge in [-0.3, -0.25) is 4.79 Å². The van der Waals surface area contributed by atoms with Crippen molar-refractivity contribution in [1.29, 1.82) is 0 Å². The van der Waals surface area contributed by atoms with E-state index in [0.717, 1.165) is 20.9 Å². The number of thiazole rings is 1. The van der Waals surface area contributed by atoms with Crippen molar-refractivity contribution in [3.8, 4) is 16.3 Å². The van der Waals surface area contributed by atoms with Gasteiger partial charge in [-0.2, -0.15) is 0 Å². The normalized spacial score (nSPS) is 10.7. The minimum atomic E-state index is -0.210. The minimum Gasteiger partial charge on any atom is -0.497 e. The zero-order valence-corrected chi connectivity index (χ0v) is 16.7. The van der Waals surface area contributed by atoms with Crippen molar-refractivity contribution in [2.45, 2.75) is 0 Å². The van der Waals surface area contributed by atoms with Crippen LogP contribution >= 0.6 is 27.3 Å². The SMILES string of the molecule is COc1ccc(Br)c(C(=O)Nc2ccc(-c3nc4cccnc4s3)cc2)c1. The van der Waals surface area contributed by atoms with Crippen molar-refractivity contribution in [1.82, 2.24) is 9.97 Å².